The average Bonchev–Trinajstić information content (AvgIpc) is 2.84. The maximum Gasteiger partial charge on any atom is 0.126 e. The Labute approximate surface area is 130 Å². The molecule has 20 heavy (non-hydrogen) atoms. The summed E-state index contributed by atoms with van der Waals surface area (Å²) in [5.41, 5.74) is 0.402. The Bertz CT molecular complexity index is 571. The van der Waals surface area contributed by atoms with E-state index in [1.54, 1.807) is 11.3 Å². The molecule has 0 aliphatic heterocycles. The van der Waals surface area contributed by atoms with Gasteiger partial charge >= 0.3 is 0 Å². The molecule has 108 valence electrons. The van der Waals surface area contributed by atoms with Crippen molar-refractivity contribution < 1.29 is 8.78 Å². The van der Waals surface area contributed by atoms with Crippen LogP contribution in [0.3, 0.4) is 0 Å². The van der Waals surface area contributed by atoms with Gasteiger partial charge in [0, 0.05) is 15.4 Å². The van der Waals surface area contributed by atoms with Gasteiger partial charge in [-0.15, -0.1) is 11.3 Å². The molecule has 0 amide bonds. The van der Waals surface area contributed by atoms with E-state index in [0.717, 1.165) is 28.4 Å². The smallest absolute Gasteiger partial charge is 0.126 e. The Kier molecular flexibility index (Phi) is 5.69. The van der Waals surface area contributed by atoms with Gasteiger partial charge in [-0.1, -0.05) is 6.92 Å². The van der Waals surface area contributed by atoms with E-state index in [1.165, 1.54) is 12.1 Å². The first-order valence-corrected chi connectivity index (χ1v) is 8.19. The molecule has 1 nitrogen and oxygen atoms in total. The molecule has 5 heteroatoms. The topological polar surface area (TPSA) is 12.0 Å². The van der Waals surface area contributed by atoms with Gasteiger partial charge in [0.15, 0.2) is 0 Å². The van der Waals surface area contributed by atoms with Crippen LogP contribution < -0.4 is 5.32 Å². The molecule has 0 saturated heterocycles. The molecule has 1 aromatic carbocycles. The second-order valence-electron chi connectivity index (χ2n) is 4.58. The third-order valence-electron chi connectivity index (χ3n) is 3.03. The Morgan fingerprint density at radius 3 is 2.75 bits per heavy atom. The van der Waals surface area contributed by atoms with E-state index < -0.39 is 5.82 Å². The standard InChI is InChI=1S/C15H16BrF2NS/c1-2-6-19-14(15-12(16)5-7-20-15)9-10-8-11(17)3-4-13(10)18/h3-5,7-8,14,19H,2,6,9H2,1H3. The monoisotopic (exact) mass is 359 g/mol. The largest absolute Gasteiger partial charge is 0.309 e. The summed E-state index contributed by atoms with van der Waals surface area (Å²) >= 11 is 5.12. The SMILES string of the molecule is CCCNC(Cc1cc(F)ccc1F)c1sccc1Br. The molecular weight excluding hydrogens is 344 g/mol. The molecule has 1 aromatic heterocycles. The van der Waals surface area contributed by atoms with Crippen molar-refractivity contribution in [1.82, 2.24) is 5.32 Å². The second-order valence-corrected chi connectivity index (χ2v) is 6.38. The van der Waals surface area contributed by atoms with Crippen molar-refractivity contribution in [2.75, 3.05) is 6.54 Å². The molecule has 0 fully saturated rings. The predicted octanol–water partition coefficient (Wildman–Crippen LogP) is 5.07. The van der Waals surface area contributed by atoms with E-state index in [0.29, 0.717) is 12.0 Å². The Hall–Kier alpha value is -0.780. The summed E-state index contributed by atoms with van der Waals surface area (Å²) in [5, 5.41) is 5.39. The number of thiophene rings is 1. The first kappa shape index (κ1) is 15.6. The van der Waals surface area contributed by atoms with Crippen LogP contribution in [0.15, 0.2) is 34.1 Å². The third-order valence-corrected chi connectivity index (χ3v) is 5.02. The van der Waals surface area contributed by atoms with Crippen molar-refractivity contribution in [3.8, 4) is 0 Å². The molecule has 0 aliphatic carbocycles. The number of hydrogen-bond donors (Lipinski definition) is 1. The molecule has 0 radical (unpaired) electrons. The lowest BCUT2D eigenvalue weighted by Gasteiger charge is -2.18. The van der Waals surface area contributed by atoms with Gasteiger partial charge in [0.2, 0.25) is 0 Å². The van der Waals surface area contributed by atoms with Crippen LogP contribution in [-0.4, -0.2) is 6.54 Å². The molecule has 0 saturated carbocycles. The minimum atomic E-state index is -0.402. The van der Waals surface area contributed by atoms with Crippen molar-refractivity contribution in [1.29, 1.82) is 0 Å². The van der Waals surface area contributed by atoms with Gasteiger partial charge in [0.1, 0.15) is 11.6 Å². The highest BCUT2D eigenvalue weighted by Gasteiger charge is 2.18. The van der Waals surface area contributed by atoms with Gasteiger partial charge in [-0.3, -0.25) is 0 Å². The van der Waals surface area contributed by atoms with Crippen LogP contribution in [0.4, 0.5) is 8.78 Å². The summed E-state index contributed by atoms with van der Waals surface area (Å²) in [6.45, 7) is 2.92. The Morgan fingerprint density at radius 2 is 2.10 bits per heavy atom. The molecule has 1 unspecified atom stereocenters. The molecule has 2 aromatic rings. The lowest BCUT2D eigenvalue weighted by molar-refractivity contribution is 0.513. The first-order chi connectivity index (χ1) is 9.61. The summed E-state index contributed by atoms with van der Waals surface area (Å²) in [4.78, 5) is 1.11. The van der Waals surface area contributed by atoms with Gasteiger partial charge in [0.05, 0.1) is 0 Å². The van der Waals surface area contributed by atoms with Crippen molar-refractivity contribution in [2.24, 2.45) is 0 Å². The lowest BCUT2D eigenvalue weighted by Crippen LogP contribution is -2.24. The van der Waals surface area contributed by atoms with E-state index in [1.807, 2.05) is 11.4 Å². The van der Waals surface area contributed by atoms with Crippen LogP contribution in [0.1, 0.15) is 29.8 Å². The maximum absolute atomic E-state index is 13.8. The van der Waals surface area contributed by atoms with Crippen LogP contribution >= 0.6 is 27.3 Å². The van der Waals surface area contributed by atoms with Crippen molar-refractivity contribution in [2.45, 2.75) is 25.8 Å². The second kappa shape index (κ2) is 7.29. The van der Waals surface area contributed by atoms with Gasteiger partial charge in [-0.2, -0.15) is 0 Å². The Morgan fingerprint density at radius 1 is 1.30 bits per heavy atom. The highest BCUT2D eigenvalue weighted by molar-refractivity contribution is 9.10. The van der Waals surface area contributed by atoms with Crippen LogP contribution in [0.2, 0.25) is 0 Å². The van der Waals surface area contributed by atoms with E-state index in [2.05, 4.69) is 28.2 Å². The van der Waals surface area contributed by atoms with Crippen LogP contribution in [0, 0.1) is 11.6 Å². The van der Waals surface area contributed by atoms with Crippen LogP contribution in [0.25, 0.3) is 0 Å². The Balaban J connectivity index is 2.23. The highest BCUT2D eigenvalue weighted by Crippen LogP contribution is 2.31. The van der Waals surface area contributed by atoms with Crippen molar-refractivity contribution in [3.63, 3.8) is 0 Å². The van der Waals surface area contributed by atoms with E-state index in [-0.39, 0.29) is 11.9 Å². The first-order valence-electron chi connectivity index (χ1n) is 6.52. The highest BCUT2D eigenvalue weighted by atomic mass is 79.9. The van der Waals surface area contributed by atoms with Crippen LogP contribution in [0.5, 0.6) is 0 Å². The minimum absolute atomic E-state index is 0.0133. The number of benzene rings is 1. The fourth-order valence-electron chi connectivity index (χ4n) is 2.05. The van der Waals surface area contributed by atoms with Crippen LogP contribution in [-0.2, 0) is 6.42 Å². The summed E-state index contributed by atoms with van der Waals surface area (Å²) in [5.74, 6) is -0.761. The van der Waals surface area contributed by atoms with Gasteiger partial charge in [-0.25, -0.2) is 8.78 Å². The summed E-state index contributed by atoms with van der Waals surface area (Å²) in [6, 6.07) is 5.57. The minimum Gasteiger partial charge on any atom is -0.309 e. The number of nitrogens with one attached hydrogen (secondary N) is 1. The van der Waals surface area contributed by atoms with Crippen molar-refractivity contribution >= 4 is 27.3 Å². The summed E-state index contributed by atoms with van der Waals surface area (Å²) < 4.78 is 28.1. The average molecular weight is 360 g/mol. The molecule has 0 spiro atoms. The van der Waals surface area contributed by atoms with E-state index in [9.17, 15) is 8.78 Å². The molecule has 1 N–H and O–H groups in total. The van der Waals surface area contributed by atoms with Gasteiger partial charge in [0.25, 0.3) is 0 Å². The van der Waals surface area contributed by atoms with Gasteiger partial charge < -0.3 is 5.32 Å². The molecule has 0 aliphatic rings. The zero-order valence-corrected chi connectivity index (χ0v) is 13.5. The quantitative estimate of drug-likeness (QED) is 0.758. The van der Waals surface area contributed by atoms with E-state index >= 15 is 0 Å². The van der Waals surface area contributed by atoms with E-state index in [4.69, 9.17) is 0 Å². The molecule has 1 heterocycles. The number of hydrogen-bond acceptors (Lipinski definition) is 2. The zero-order chi connectivity index (χ0) is 14.5. The van der Waals surface area contributed by atoms with Gasteiger partial charge in [-0.05, 0) is 70.5 Å². The van der Waals surface area contributed by atoms with Crippen molar-refractivity contribution in [3.05, 3.63) is 56.2 Å². The number of halogens is 3. The predicted molar refractivity (Wildman–Crippen MR) is 83.1 cm³/mol. The molecular formula is C15H16BrF2NS. The third kappa shape index (κ3) is 3.87. The fraction of sp³-hybridized carbons (Fsp3) is 0.333. The molecule has 1 atom stereocenters. The summed E-state index contributed by atoms with van der Waals surface area (Å²) in [6.07, 6.45) is 1.42. The zero-order valence-electron chi connectivity index (χ0n) is 11.1. The normalized spacial score (nSPS) is 12.6. The lowest BCUT2D eigenvalue weighted by atomic mass is 10.0. The fourth-order valence-corrected chi connectivity index (χ4v) is 3.78. The number of rotatable bonds is 6. The summed E-state index contributed by atoms with van der Waals surface area (Å²) in [7, 11) is 0. The molecule has 2 rings (SSSR count). The molecule has 0 bridgehead atoms. The maximum atomic E-state index is 13.8.